The molecule has 1 aliphatic carbocycles. The molecule has 0 amide bonds. The zero-order chi connectivity index (χ0) is 14.0. The van der Waals surface area contributed by atoms with Gasteiger partial charge in [-0.05, 0) is 56.3 Å². The highest BCUT2D eigenvalue weighted by molar-refractivity contribution is 9.10. The van der Waals surface area contributed by atoms with Crippen LogP contribution in [0.1, 0.15) is 50.5 Å². The largest absolute Gasteiger partial charge is 0.398 e. The zero-order valence-corrected chi connectivity index (χ0v) is 13.8. The van der Waals surface area contributed by atoms with Crippen LogP contribution in [-0.2, 0) is 6.54 Å². The summed E-state index contributed by atoms with van der Waals surface area (Å²) >= 11 is 3.64. The number of halogens is 1. The molecular formula is C17H25BrN2. The van der Waals surface area contributed by atoms with Crippen molar-refractivity contribution in [2.24, 2.45) is 5.41 Å². The molecule has 3 rings (SSSR count). The van der Waals surface area contributed by atoms with Crippen LogP contribution in [0.25, 0.3) is 0 Å². The predicted octanol–water partition coefficient (Wildman–Crippen LogP) is 4.58. The van der Waals surface area contributed by atoms with Gasteiger partial charge in [0.05, 0.1) is 0 Å². The lowest BCUT2D eigenvalue weighted by atomic mass is 9.68. The fourth-order valence-corrected chi connectivity index (χ4v) is 4.46. The van der Waals surface area contributed by atoms with Crippen LogP contribution >= 0.6 is 15.9 Å². The minimum absolute atomic E-state index is 0.689. The average Bonchev–Trinajstić information content (AvgIpc) is 2.46. The third kappa shape index (κ3) is 3.04. The molecule has 2 nitrogen and oxygen atoms in total. The molecule has 3 heteroatoms. The van der Waals surface area contributed by atoms with Crippen LogP contribution in [0.3, 0.4) is 0 Å². The lowest BCUT2D eigenvalue weighted by Gasteiger charge is -2.44. The van der Waals surface area contributed by atoms with Gasteiger partial charge in [0.1, 0.15) is 0 Å². The van der Waals surface area contributed by atoms with E-state index in [1.165, 1.54) is 63.6 Å². The Morgan fingerprint density at radius 3 is 2.40 bits per heavy atom. The number of piperidine rings is 1. The first-order valence-corrected chi connectivity index (χ1v) is 8.73. The van der Waals surface area contributed by atoms with E-state index in [0.29, 0.717) is 5.41 Å². The highest BCUT2D eigenvalue weighted by Gasteiger charge is 2.35. The van der Waals surface area contributed by atoms with Crippen LogP contribution in [0.4, 0.5) is 5.69 Å². The molecule has 1 aromatic rings. The number of nitrogens with two attached hydrogens (primary N) is 1. The SMILES string of the molecule is Nc1cccc(Br)c1CN1CCC2(CCCCC2)CC1. The summed E-state index contributed by atoms with van der Waals surface area (Å²) in [5.41, 5.74) is 8.98. The molecule has 2 N–H and O–H groups in total. The molecule has 1 aliphatic heterocycles. The molecule has 0 bridgehead atoms. The van der Waals surface area contributed by atoms with Crippen molar-refractivity contribution in [1.82, 2.24) is 4.90 Å². The molecule has 0 atom stereocenters. The Labute approximate surface area is 130 Å². The number of anilines is 1. The molecule has 2 aliphatic rings. The number of nitrogens with zero attached hydrogens (tertiary/aromatic N) is 1. The minimum Gasteiger partial charge on any atom is -0.398 e. The van der Waals surface area contributed by atoms with Gasteiger partial charge in [0.25, 0.3) is 0 Å². The van der Waals surface area contributed by atoms with Crippen molar-refractivity contribution in [3.63, 3.8) is 0 Å². The van der Waals surface area contributed by atoms with E-state index in [-0.39, 0.29) is 0 Å². The predicted molar refractivity (Wildman–Crippen MR) is 88.6 cm³/mol. The highest BCUT2D eigenvalue weighted by Crippen LogP contribution is 2.44. The van der Waals surface area contributed by atoms with Crippen molar-refractivity contribution in [3.05, 3.63) is 28.2 Å². The molecule has 20 heavy (non-hydrogen) atoms. The first-order valence-electron chi connectivity index (χ1n) is 7.94. The Kier molecular flexibility index (Phi) is 4.37. The van der Waals surface area contributed by atoms with Crippen LogP contribution in [0.15, 0.2) is 22.7 Å². The molecule has 0 unspecified atom stereocenters. The van der Waals surface area contributed by atoms with Gasteiger partial charge in [-0.1, -0.05) is 41.3 Å². The van der Waals surface area contributed by atoms with Gasteiger partial charge in [-0.3, -0.25) is 4.90 Å². The van der Waals surface area contributed by atoms with Crippen molar-refractivity contribution < 1.29 is 0 Å². The Bertz CT molecular complexity index is 436. The van der Waals surface area contributed by atoms with Crippen LogP contribution in [0.5, 0.6) is 0 Å². The van der Waals surface area contributed by atoms with Crippen molar-refractivity contribution in [2.45, 2.75) is 51.5 Å². The van der Waals surface area contributed by atoms with E-state index in [2.05, 4.69) is 26.9 Å². The summed E-state index contributed by atoms with van der Waals surface area (Å²) in [4.78, 5) is 2.58. The van der Waals surface area contributed by atoms with E-state index in [1.807, 2.05) is 12.1 Å². The van der Waals surface area contributed by atoms with Gasteiger partial charge in [-0.15, -0.1) is 0 Å². The summed E-state index contributed by atoms with van der Waals surface area (Å²) in [6.07, 6.45) is 10.1. The summed E-state index contributed by atoms with van der Waals surface area (Å²) in [5.74, 6) is 0. The monoisotopic (exact) mass is 336 g/mol. The maximum absolute atomic E-state index is 6.12. The summed E-state index contributed by atoms with van der Waals surface area (Å²) in [6.45, 7) is 3.46. The van der Waals surface area contributed by atoms with E-state index in [4.69, 9.17) is 5.73 Å². The Morgan fingerprint density at radius 2 is 1.75 bits per heavy atom. The summed E-state index contributed by atoms with van der Waals surface area (Å²) in [6, 6.07) is 6.11. The summed E-state index contributed by atoms with van der Waals surface area (Å²) < 4.78 is 1.15. The second kappa shape index (κ2) is 6.07. The highest BCUT2D eigenvalue weighted by atomic mass is 79.9. The van der Waals surface area contributed by atoms with Crippen LogP contribution in [0.2, 0.25) is 0 Å². The Balaban J connectivity index is 1.61. The number of likely N-dealkylation sites (tertiary alicyclic amines) is 1. The maximum Gasteiger partial charge on any atom is 0.0371 e. The number of rotatable bonds is 2. The van der Waals surface area contributed by atoms with Gasteiger partial charge in [-0.25, -0.2) is 0 Å². The molecule has 0 radical (unpaired) electrons. The molecular weight excluding hydrogens is 312 g/mol. The van der Waals surface area contributed by atoms with Crippen molar-refractivity contribution in [3.8, 4) is 0 Å². The number of nitrogen functional groups attached to an aromatic ring is 1. The van der Waals surface area contributed by atoms with Gasteiger partial charge in [0.2, 0.25) is 0 Å². The molecule has 1 saturated heterocycles. The third-order valence-electron chi connectivity index (χ3n) is 5.37. The normalized spacial score (nSPS) is 23.1. The minimum atomic E-state index is 0.689. The Morgan fingerprint density at radius 1 is 1.05 bits per heavy atom. The zero-order valence-electron chi connectivity index (χ0n) is 12.2. The molecule has 0 aromatic heterocycles. The lowest BCUT2D eigenvalue weighted by molar-refractivity contribution is 0.0641. The third-order valence-corrected chi connectivity index (χ3v) is 6.11. The molecule has 1 saturated carbocycles. The van der Waals surface area contributed by atoms with Gasteiger partial charge in [-0.2, -0.15) is 0 Å². The van der Waals surface area contributed by atoms with Gasteiger partial charge >= 0.3 is 0 Å². The topological polar surface area (TPSA) is 29.3 Å². The molecule has 1 spiro atoms. The molecule has 110 valence electrons. The number of hydrogen-bond acceptors (Lipinski definition) is 2. The second-order valence-corrected chi connectivity index (χ2v) is 7.50. The van der Waals surface area contributed by atoms with Crippen LogP contribution < -0.4 is 5.73 Å². The van der Waals surface area contributed by atoms with E-state index in [9.17, 15) is 0 Å². The van der Waals surface area contributed by atoms with Gasteiger partial charge < -0.3 is 5.73 Å². The van der Waals surface area contributed by atoms with Crippen molar-refractivity contribution in [2.75, 3.05) is 18.8 Å². The van der Waals surface area contributed by atoms with Crippen molar-refractivity contribution in [1.29, 1.82) is 0 Å². The second-order valence-electron chi connectivity index (χ2n) is 6.64. The molecule has 1 heterocycles. The Hall–Kier alpha value is -0.540. The number of benzene rings is 1. The van der Waals surface area contributed by atoms with Gasteiger partial charge in [0, 0.05) is 22.3 Å². The van der Waals surface area contributed by atoms with Gasteiger partial charge in [0.15, 0.2) is 0 Å². The fraction of sp³-hybridized carbons (Fsp3) is 0.647. The smallest absolute Gasteiger partial charge is 0.0371 e. The average molecular weight is 337 g/mol. The lowest BCUT2D eigenvalue weighted by Crippen LogP contribution is -2.40. The van der Waals surface area contributed by atoms with E-state index < -0.39 is 0 Å². The number of hydrogen-bond donors (Lipinski definition) is 1. The van der Waals surface area contributed by atoms with E-state index in [1.54, 1.807) is 0 Å². The van der Waals surface area contributed by atoms with Crippen LogP contribution in [-0.4, -0.2) is 18.0 Å². The first kappa shape index (κ1) is 14.4. The summed E-state index contributed by atoms with van der Waals surface area (Å²) in [7, 11) is 0. The van der Waals surface area contributed by atoms with Crippen molar-refractivity contribution >= 4 is 21.6 Å². The first-order chi connectivity index (χ1) is 9.69. The standard InChI is InChI=1S/C17H25BrN2/c18-15-5-4-6-16(19)14(15)13-20-11-9-17(10-12-20)7-2-1-3-8-17/h4-6H,1-3,7-13,19H2. The van der Waals surface area contributed by atoms with E-state index in [0.717, 1.165) is 16.7 Å². The molecule has 2 fully saturated rings. The molecule has 1 aromatic carbocycles. The van der Waals surface area contributed by atoms with Crippen LogP contribution in [0, 0.1) is 5.41 Å². The summed E-state index contributed by atoms with van der Waals surface area (Å²) in [5, 5.41) is 0. The fourth-order valence-electron chi connectivity index (χ4n) is 3.95. The quantitative estimate of drug-likeness (QED) is 0.801. The van der Waals surface area contributed by atoms with E-state index >= 15 is 0 Å². The maximum atomic E-state index is 6.12.